The molecule has 1 aromatic rings. The molecule has 2 atom stereocenters. The second-order valence-electron chi connectivity index (χ2n) is 4.88. The van der Waals surface area contributed by atoms with Gasteiger partial charge in [-0.2, -0.15) is 0 Å². The molecular formula is C15H21NO4. The van der Waals surface area contributed by atoms with E-state index in [1.165, 1.54) is 12.1 Å². The molecular weight excluding hydrogens is 258 g/mol. The maximum atomic E-state index is 12.3. The molecule has 0 fully saturated rings. The van der Waals surface area contributed by atoms with Gasteiger partial charge in [-0.1, -0.05) is 56.5 Å². The van der Waals surface area contributed by atoms with Crippen LogP contribution in [0.2, 0.25) is 0 Å². The molecule has 0 aliphatic carbocycles. The van der Waals surface area contributed by atoms with Gasteiger partial charge in [0.05, 0.1) is 6.10 Å². The summed E-state index contributed by atoms with van der Waals surface area (Å²) in [5.74, 6) is -2.27. The zero-order valence-corrected chi connectivity index (χ0v) is 11.6. The normalized spacial score (nSPS) is 15.3. The summed E-state index contributed by atoms with van der Waals surface area (Å²) in [6, 6.07) is 7.95. The van der Waals surface area contributed by atoms with Gasteiger partial charge in [0.1, 0.15) is 0 Å². The molecule has 0 saturated carbocycles. The fraction of sp³-hybridized carbons (Fsp3) is 0.467. The number of rotatable bonds is 8. The van der Waals surface area contributed by atoms with Crippen molar-refractivity contribution in [3.63, 3.8) is 0 Å². The number of carbonyl (C=O) groups is 2. The fourth-order valence-electron chi connectivity index (χ4n) is 2.03. The maximum absolute atomic E-state index is 12.3. The van der Waals surface area contributed by atoms with Crippen molar-refractivity contribution in [2.45, 2.75) is 44.2 Å². The quantitative estimate of drug-likeness (QED) is 0.381. The summed E-state index contributed by atoms with van der Waals surface area (Å²) in [4.78, 5) is 23.7. The molecule has 0 spiro atoms. The molecule has 110 valence electrons. The Hall–Kier alpha value is -1.72. The lowest BCUT2D eigenvalue weighted by atomic mass is 9.82. The summed E-state index contributed by atoms with van der Waals surface area (Å²) in [5, 5.41) is 19.4. The van der Waals surface area contributed by atoms with Crippen molar-refractivity contribution in [2.75, 3.05) is 0 Å². The third kappa shape index (κ3) is 3.43. The average molecular weight is 279 g/mol. The number of aliphatic hydroxyl groups is 1. The van der Waals surface area contributed by atoms with E-state index < -0.39 is 23.4 Å². The van der Waals surface area contributed by atoms with Crippen LogP contribution in [0.1, 0.15) is 43.0 Å². The number of benzene rings is 1. The number of Topliss-reactive ketones (excluding diaryl/α,β-unsaturated/α-hetero) is 1. The Bertz CT molecular complexity index is 460. The molecule has 20 heavy (non-hydrogen) atoms. The van der Waals surface area contributed by atoms with E-state index in [0.717, 1.165) is 12.8 Å². The Morgan fingerprint density at radius 1 is 1.25 bits per heavy atom. The summed E-state index contributed by atoms with van der Waals surface area (Å²) < 4.78 is 0. The number of hydrogen-bond acceptors (Lipinski definition) is 4. The largest absolute Gasteiger partial charge is 0.479 e. The Morgan fingerprint density at radius 3 is 2.35 bits per heavy atom. The van der Waals surface area contributed by atoms with Crippen molar-refractivity contribution in [3.8, 4) is 0 Å². The first kappa shape index (κ1) is 16.3. The molecule has 0 amide bonds. The molecule has 1 rings (SSSR count). The highest BCUT2D eigenvalue weighted by Gasteiger charge is 2.48. The molecule has 0 aliphatic heterocycles. The number of hydrogen-bond donors (Lipinski definition) is 3. The van der Waals surface area contributed by atoms with Gasteiger partial charge in [0.15, 0.2) is 5.78 Å². The standard InChI is InChI=1S/C15H21NO4/c1-2-3-5-10-12(17)15(16,14(19)20)13(18)11-8-6-4-7-9-11/h4,6-9,12,17H,2-3,5,10,16H2,1H3,(H,19,20). The second kappa shape index (κ2) is 7.17. The first-order valence-corrected chi connectivity index (χ1v) is 6.74. The SMILES string of the molecule is CCCCCC(O)C(N)(C(=O)O)C(=O)c1ccccc1. The molecule has 1 aromatic carbocycles. The molecule has 5 nitrogen and oxygen atoms in total. The van der Waals surface area contributed by atoms with Crippen molar-refractivity contribution in [1.82, 2.24) is 0 Å². The lowest BCUT2D eigenvalue weighted by molar-refractivity contribution is -0.145. The number of carbonyl (C=O) groups excluding carboxylic acids is 1. The summed E-state index contributed by atoms with van der Waals surface area (Å²) in [5.41, 5.74) is 3.63. The van der Waals surface area contributed by atoms with E-state index in [1.807, 2.05) is 6.92 Å². The molecule has 0 radical (unpaired) electrons. The van der Waals surface area contributed by atoms with Gasteiger partial charge < -0.3 is 15.9 Å². The monoisotopic (exact) mass is 279 g/mol. The second-order valence-corrected chi connectivity index (χ2v) is 4.88. The summed E-state index contributed by atoms with van der Waals surface area (Å²) in [6.07, 6.45) is 1.21. The molecule has 0 aliphatic rings. The van der Waals surface area contributed by atoms with Crippen LogP contribution in [0.15, 0.2) is 30.3 Å². The number of carboxylic acid groups (broad SMARTS) is 1. The van der Waals surface area contributed by atoms with Crippen LogP contribution >= 0.6 is 0 Å². The third-order valence-electron chi connectivity index (χ3n) is 3.37. The number of carboxylic acids is 1. The average Bonchev–Trinajstić information content (AvgIpc) is 2.46. The van der Waals surface area contributed by atoms with E-state index in [4.69, 9.17) is 5.73 Å². The number of nitrogens with two attached hydrogens (primary N) is 1. The van der Waals surface area contributed by atoms with Crippen molar-refractivity contribution in [3.05, 3.63) is 35.9 Å². The van der Waals surface area contributed by atoms with E-state index in [1.54, 1.807) is 18.2 Å². The first-order valence-electron chi connectivity index (χ1n) is 6.74. The fourth-order valence-corrected chi connectivity index (χ4v) is 2.03. The summed E-state index contributed by atoms with van der Waals surface area (Å²) >= 11 is 0. The molecule has 5 heteroatoms. The van der Waals surface area contributed by atoms with Crippen LogP contribution in [0.4, 0.5) is 0 Å². The van der Waals surface area contributed by atoms with Crippen LogP contribution in [0.25, 0.3) is 0 Å². The van der Waals surface area contributed by atoms with Crippen LogP contribution in [-0.4, -0.2) is 33.6 Å². The van der Waals surface area contributed by atoms with Gasteiger partial charge in [-0.05, 0) is 6.42 Å². The van der Waals surface area contributed by atoms with Crippen molar-refractivity contribution < 1.29 is 19.8 Å². The molecule has 0 saturated heterocycles. The Kier molecular flexibility index (Phi) is 5.85. The van der Waals surface area contributed by atoms with Gasteiger partial charge in [-0.25, -0.2) is 4.79 Å². The third-order valence-corrected chi connectivity index (χ3v) is 3.37. The number of ketones is 1. The summed E-state index contributed by atoms with van der Waals surface area (Å²) in [7, 11) is 0. The highest BCUT2D eigenvalue weighted by molar-refractivity contribution is 6.16. The molecule has 4 N–H and O–H groups in total. The van der Waals surface area contributed by atoms with E-state index in [-0.39, 0.29) is 12.0 Å². The Morgan fingerprint density at radius 2 is 1.85 bits per heavy atom. The van der Waals surface area contributed by atoms with Crippen LogP contribution < -0.4 is 5.73 Å². The number of aliphatic carboxylic acids is 1. The smallest absolute Gasteiger partial charge is 0.334 e. The predicted octanol–water partition coefficient (Wildman–Crippen LogP) is 1.59. The topological polar surface area (TPSA) is 101 Å². The van der Waals surface area contributed by atoms with Crippen LogP contribution in [0.3, 0.4) is 0 Å². The predicted molar refractivity (Wildman–Crippen MR) is 75.5 cm³/mol. The van der Waals surface area contributed by atoms with Gasteiger partial charge in [0.25, 0.3) is 0 Å². The number of aliphatic hydroxyl groups excluding tert-OH is 1. The van der Waals surface area contributed by atoms with Crippen LogP contribution in [-0.2, 0) is 4.79 Å². The lowest BCUT2D eigenvalue weighted by Crippen LogP contribution is -2.63. The van der Waals surface area contributed by atoms with Gasteiger partial charge in [0, 0.05) is 5.56 Å². The minimum atomic E-state index is -2.30. The number of unbranched alkanes of at least 4 members (excludes halogenated alkanes) is 2. The lowest BCUT2D eigenvalue weighted by Gasteiger charge is -2.28. The zero-order chi connectivity index (χ0) is 15.2. The van der Waals surface area contributed by atoms with Gasteiger partial charge in [0.2, 0.25) is 5.54 Å². The molecule has 0 heterocycles. The first-order chi connectivity index (χ1) is 9.44. The van der Waals surface area contributed by atoms with Crippen LogP contribution in [0, 0.1) is 0 Å². The Balaban J connectivity index is 2.97. The van der Waals surface area contributed by atoms with Crippen molar-refractivity contribution >= 4 is 11.8 Å². The summed E-state index contributed by atoms with van der Waals surface area (Å²) in [6.45, 7) is 1.99. The Labute approximate surface area is 118 Å². The van der Waals surface area contributed by atoms with E-state index in [2.05, 4.69) is 0 Å². The van der Waals surface area contributed by atoms with Crippen molar-refractivity contribution in [1.29, 1.82) is 0 Å². The van der Waals surface area contributed by atoms with Crippen molar-refractivity contribution in [2.24, 2.45) is 5.73 Å². The van der Waals surface area contributed by atoms with Gasteiger partial charge in [-0.15, -0.1) is 0 Å². The van der Waals surface area contributed by atoms with Gasteiger partial charge in [-0.3, -0.25) is 4.79 Å². The highest BCUT2D eigenvalue weighted by atomic mass is 16.4. The minimum absolute atomic E-state index is 0.187. The molecule has 2 unspecified atom stereocenters. The maximum Gasteiger partial charge on any atom is 0.334 e. The molecule has 0 aromatic heterocycles. The minimum Gasteiger partial charge on any atom is -0.479 e. The molecule has 0 bridgehead atoms. The van der Waals surface area contributed by atoms with Crippen LogP contribution in [0.5, 0.6) is 0 Å². The zero-order valence-electron chi connectivity index (χ0n) is 11.6. The van der Waals surface area contributed by atoms with Gasteiger partial charge >= 0.3 is 5.97 Å². The van der Waals surface area contributed by atoms with E-state index in [0.29, 0.717) is 6.42 Å². The van der Waals surface area contributed by atoms with E-state index >= 15 is 0 Å². The highest BCUT2D eigenvalue weighted by Crippen LogP contribution is 2.20. The van der Waals surface area contributed by atoms with E-state index in [9.17, 15) is 19.8 Å².